The van der Waals surface area contributed by atoms with E-state index in [0.717, 1.165) is 5.56 Å². The third-order valence-electron chi connectivity index (χ3n) is 2.36. The molecule has 0 aliphatic heterocycles. The number of methoxy groups -OCH3 is 1. The average Bonchev–Trinajstić information content (AvgIpc) is 2.82. The van der Waals surface area contributed by atoms with Crippen molar-refractivity contribution in [3.8, 4) is 17.2 Å². The van der Waals surface area contributed by atoms with Crippen LogP contribution in [0.2, 0.25) is 0 Å². The van der Waals surface area contributed by atoms with Gasteiger partial charge in [0, 0.05) is 10.9 Å². The Morgan fingerprint density at radius 1 is 1.35 bits per heavy atom. The van der Waals surface area contributed by atoms with Crippen LogP contribution in [0.4, 0.5) is 0 Å². The first kappa shape index (κ1) is 11.4. The Balaban J connectivity index is 2.63. The van der Waals surface area contributed by atoms with Gasteiger partial charge in [-0.25, -0.2) is 4.79 Å². The zero-order valence-corrected chi connectivity index (χ0v) is 9.95. The Bertz CT molecular complexity index is 581. The van der Waals surface area contributed by atoms with Crippen molar-refractivity contribution in [2.75, 3.05) is 7.11 Å². The normalized spacial score (nSPS) is 9.65. The molecule has 0 saturated heterocycles. The molecule has 2 aromatic rings. The van der Waals surface area contributed by atoms with Crippen LogP contribution >= 0.6 is 11.3 Å². The van der Waals surface area contributed by atoms with Gasteiger partial charge in [-0.05, 0) is 5.56 Å². The molecule has 0 N–H and O–H groups in total. The first-order valence-electron chi connectivity index (χ1n) is 4.93. The van der Waals surface area contributed by atoms with Gasteiger partial charge in [-0.3, -0.25) is 0 Å². The highest BCUT2D eigenvalue weighted by molar-refractivity contribution is 7.11. The Hall–Kier alpha value is -2.12. The number of carbonyl (C=O) groups is 1. The van der Waals surface area contributed by atoms with Gasteiger partial charge in [0.15, 0.2) is 0 Å². The van der Waals surface area contributed by atoms with Crippen molar-refractivity contribution in [1.29, 1.82) is 5.26 Å². The summed E-state index contributed by atoms with van der Waals surface area (Å²) in [5, 5.41) is 10.7. The van der Waals surface area contributed by atoms with E-state index in [0.29, 0.717) is 16.0 Å². The predicted octanol–water partition coefficient (Wildman–Crippen LogP) is 3.07. The largest absolute Gasteiger partial charge is 0.465 e. The number of carbonyl (C=O) groups excluding carboxylic acids is 1. The Kier molecular flexibility index (Phi) is 3.22. The number of hydrogen-bond donors (Lipinski definition) is 0. The number of benzene rings is 1. The lowest BCUT2D eigenvalue weighted by Crippen LogP contribution is -2.01. The Morgan fingerprint density at radius 2 is 2.06 bits per heavy atom. The highest BCUT2D eigenvalue weighted by Crippen LogP contribution is 2.32. The van der Waals surface area contributed by atoms with Crippen LogP contribution in [0, 0.1) is 11.3 Å². The summed E-state index contributed by atoms with van der Waals surface area (Å²) in [5.41, 5.74) is 1.95. The van der Waals surface area contributed by atoms with Gasteiger partial charge in [0.1, 0.15) is 10.9 Å². The summed E-state index contributed by atoms with van der Waals surface area (Å²) >= 11 is 1.25. The highest BCUT2D eigenvalue weighted by atomic mass is 32.1. The number of esters is 1. The minimum absolute atomic E-state index is 0.415. The molecule has 0 bridgehead atoms. The predicted molar refractivity (Wildman–Crippen MR) is 65.8 cm³/mol. The van der Waals surface area contributed by atoms with Crippen molar-refractivity contribution in [2.24, 2.45) is 0 Å². The molecule has 1 heterocycles. The molecule has 0 amide bonds. The molecule has 0 radical (unpaired) electrons. The third kappa shape index (κ3) is 2.05. The van der Waals surface area contributed by atoms with Crippen LogP contribution in [0.15, 0.2) is 35.7 Å². The number of thiophene rings is 1. The number of nitriles is 1. The molecule has 0 aliphatic rings. The van der Waals surface area contributed by atoms with Crippen molar-refractivity contribution >= 4 is 17.3 Å². The smallest absolute Gasteiger partial charge is 0.339 e. The SMILES string of the molecule is COC(=O)c1csc(C#N)c1-c1ccccc1. The van der Waals surface area contributed by atoms with Crippen LogP contribution in [0.25, 0.3) is 11.1 Å². The second kappa shape index (κ2) is 4.81. The van der Waals surface area contributed by atoms with E-state index in [1.165, 1.54) is 18.4 Å². The fourth-order valence-corrected chi connectivity index (χ4v) is 2.44. The molecule has 0 unspecified atom stereocenters. The third-order valence-corrected chi connectivity index (χ3v) is 3.25. The van der Waals surface area contributed by atoms with Crippen LogP contribution < -0.4 is 0 Å². The summed E-state index contributed by atoms with van der Waals surface area (Å²) in [6, 6.07) is 11.5. The van der Waals surface area contributed by atoms with E-state index >= 15 is 0 Å². The van der Waals surface area contributed by atoms with Crippen LogP contribution in [-0.2, 0) is 4.74 Å². The van der Waals surface area contributed by atoms with Gasteiger partial charge in [0.25, 0.3) is 0 Å². The molecule has 0 fully saturated rings. The number of hydrogen-bond acceptors (Lipinski definition) is 4. The second-order valence-corrected chi connectivity index (χ2v) is 4.20. The van der Waals surface area contributed by atoms with Gasteiger partial charge < -0.3 is 4.74 Å². The minimum Gasteiger partial charge on any atom is -0.465 e. The van der Waals surface area contributed by atoms with E-state index < -0.39 is 5.97 Å². The van der Waals surface area contributed by atoms with Crippen LogP contribution in [0.1, 0.15) is 15.2 Å². The standard InChI is InChI=1S/C13H9NO2S/c1-16-13(15)10-8-17-11(7-14)12(10)9-5-3-2-4-6-9/h2-6,8H,1H3. The lowest BCUT2D eigenvalue weighted by molar-refractivity contribution is 0.0602. The van der Waals surface area contributed by atoms with Crippen molar-refractivity contribution < 1.29 is 9.53 Å². The molecule has 0 atom stereocenters. The first-order chi connectivity index (χ1) is 8.27. The molecular weight excluding hydrogens is 234 g/mol. The van der Waals surface area contributed by atoms with E-state index in [9.17, 15) is 4.79 Å². The maximum Gasteiger partial charge on any atom is 0.339 e. The van der Waals surface area contributed by atoms with E-state index in [1.54, 1.807) is 5.38 Å². The maximum absolute atomic E-state index is 11.6. The van der Waals surface area contributed by atoms with Gasteiger partial charge in [-0.1, -0.05) is 30.3 Å². The number of nitrogens with zero attached hydrogens (tertiary/aromatic N) is 1. The van der Waals surface area contributed by atoms with Crippen LogP contribution in [-0.4, -0.2) is 13.1 Å². The van der Waals surface area contributed by atoms with Gasteiger partial charge in [-0.2, -0.15) is 5.26 Å². The summed E-state index contributed by atoms with van der Waals surface area (Å²) in [6.07, 6.45) is 0. The van der Waals surface area contributed by atoms with E-state index in [1.807, 2.05) is 30.3 Å². The van der Waals surface area contributed by atoms with Crippen molar-refractivity contribution in [2.45, 2.75) is 0 Å². The van der Waals surface area contributed by atoms with Gasteiger partial charge in [-0.15, -0.1) is 11.3 Å². The van der Waals surface area contributed by atoms with E-state index in [2.05, 4.69) is 6.07 Å². The maximum atomic E-state index is 11.6. The summed E-state index contributed by atoms with van der Waals surface area (Å²) in [6.45, 7) is 0. The number of rotatable bonds is 2. The van der Waals surface area contributed by atoms with Gasteiger partial charge in [0.05, 0.1) is 12.7 Å². The molecule has 3 nitrogen and oxygen atoms in total. The van der Waals surface area contributed by atoms with Crippen molar-refractivity contribution in [1.82, 2.24) is 0 Å². The fraction of sp³-hybridized carbons (Fsp3) is 0.0769. The van der Waals surface area contributed by atoms with E-state index in [-0.39, 0.29) is 0 Å². The van der Waals surface area contributed by atoms with Crippen molar-refractivity contribution in [3.05, 3.63) is 46.2 Å². The van der Waals surface area contributed by atoms with Crippen LogP contribution in [0.5, 0.6) is 0 Å². The lowest BCUT2D eigenvalue weighted by Gasteiger charge is -2.03. The molecule has 84 valence electrons. The molecular formula is C13H9NO2S. The zero-order valence-electron chi connectivity index (χ0n) is 9.14. The Labute approximate surface area is 103 Å². The average molecular weight is 243 g/mol. The lowest BCUT2D eigenvalue weighted by atomic mass is 10.0. The summed E-state index contributed by atoms with van der Waals surface area (Å²) in [7, 11) is 1.33. The van der Waals surface area contributed by atoms with Crippen molar-refractivity contribution in [3.63, 3.8) is 0 Å². The molecule has 0 spiro atoms. The number of ether oxygens (including phenoxy) is 1. The molecule has 17 heavy (non-hydrogen) atoms. The quantitative estimate of drug-likeness (QED) is 0.761. The molecule has 1 aromatic heterocycles. The summed E-state index contributed by atoms with van der Waals surface area (Å²) in [4.78, 5) is 12.1. The first-order valence-corrected chi connectivity index (χ1v) is 5.81. The summed E-state index contributed by atoms with van der Waals surface area (Å²) < 4.78 is 4.71. The monoisotopic (exact) mass is 243 g/mol. The van der Waals surface area contributed by atoms with Gasteiger partial charge in [0.2, 0.25) is 0 Å². The molecule has 4 heteroatoms. The summed E-state index contributed by atoms with van der Waals surface area (Å²) in [5.74, 6) is -0.415. The zero-order chi connectivity index (χ0) is 12.3. The second-order valence-electron chi connectivity index (χ2n) is 3.32. The minimum atomic E-state index is -0.415. The van der Waals surface area contributed by atoms with Crippen LogP contribution in [0.3, 0.4) is 0 Å². The fourth-order valence-electron chi connectivity index (χ4n) is 1.59. The molecule has 2 rings (SSSR count). The van der Waals surface area contributed by atoms with E-state index in [4.69, 9.17) is 10.00 Å². The highest BCUT2D eigenvalue weighted by Gasteiger charge is 2.19. The Morgan fingerprint density at radius 3 is 2.65 bits per heavy atom. The van der Waals surface area contributed by atoms with Gasteiger partial charge >= 0.3 is 5.97 Å². The molecule has 0 saturated carbocycles. The molecule has 0 aliphatic carbocycles. The topological polar surface area (TPSA) is 50.1 Å². The molecule has 1 aromatic carbocycles.